The van der Waals surface area contributed by atoms with Gasteiger partial charge in [0.25, 0.3) is 5.91 Å². The van der Waals surface area contributed by atoms with Crippen molar-refractivity contribution >= 4 is 23.2 Å². The number of H-pyrrole nitrogens is 1. The summed E-state index contributed by atoms with van der Waals surface area (Å²) in [6, 6.07) is 11.1. The molecule has 0 spiro atoms. The van der Waals surface area contributed by atoms with Crippen LogP contribution in [0.5, 0.6) is 0 Å². The Morgan fingerprint density at radius 2 is 1.75 bits per heavy atom. The van der Waals surface area contributed by atoms with Crippen molar-refractivity contribution in [3.63, 3.8) is 0 Å². The SMILES string of the molecule is CCCc1[nH]nc(-c2ccc(Cl)cc2)c1NC(=O)c1ccc(C(F)(F)F)cc1. The summed E-state index contributed by atoms with van der Waals surface area (Å²) in [5.74, 6) is -0.511. The van der Waals surface area contributed by atoms with Crippen LogP contribution in [0, 0.1) is 0 Å². The molecule has 4 nitrogen and oxygen atoms in total. The lowest BCUT2D eigenvalue weighted by molar-refractivity contribution is -0.137. The van der Waals surface area contributed by atoms with Crippen LogP contribution in [0.3, 0.4) is 0 Å². The average Bonchev–Trinajstić information content (AvgIpc) is 3.04. The van der Waals surface area contributed by atoms with Crippen LogP contribution in [0.15, 0.2) is 48.5 Å². The number of halogens is 4. The summed E-state index contributed by atoms with van der Waals surface area (Å²) in [5, 5.41) is 10.6. The van der Waals surface area contributed by atoms with Gasteiger partial charge in [-0.05, 0) is 42.8 Å². The monoisotopic (exact) mass is 407 g/mol. The van der Waals surface area contributed by atoms with Crippen LogP contribution in [-0.2, 0) is 12.6 Å². The van der Waals surface area contributed by atoms with E-state index in [-0.39, 0.29) is 5.56 Å². The highest BCUT2D eigenvalue weighted by Crippen LogP contribution is 2.32. The minimum Gasteiger partial charge on any atom is -0.319 e. The van der Waals surface area contributed by atoms with Gasteiger partial charge in [0, 0.05) is 16.1 Å². The van der Waals surface area contributed by atoms with Crippen molar-refractivity contribution in [3.8, 4) is 11.3 Å². The molecule has 8 heteroatoms. The van der Waals surface area contributed by atoms with E-state index < -0.39 is 17.6 Å². The first-order chi connectivity index (χ1) is 13.3. The number of nitrogens with one attached hydrogen (secondary N) is 2. The largest absolute Gasteiger partial charge is 0.416 e. The number of aromatic nitrogens is 2. The number of hydrogen-bond donors (Lipinski definition) is 2. The molecule has 3 aromatic rings. The van der Waals surface area contributed by atoms with Crippen molar-refractivity contribution in [3.05, 3.63) is 70.4 Å². The zero-order valence-corrected chi connectivity index (χ0v) is 15.7. The smallest absolute Gasteiger partial charge is 0.319 e. The van der Waals surface area contributed by atoms with E-state index in [1.807, 2.05) is 6.92 Å². The van der Waals surface area contributed by atoms with Crippen molar-refractivity contribution in [1.82, 2.24) is 10.2 Å². The number of nitrogens with zero attached hydrogens (tertiary/aromatic N) is 1. The van der Waals surface area contributed by atoms with Gasteiger partial charge in [-0.1, -0.05) is 37.1 Å². The second-order valence-corrected chi connectivity index (χ2v) is 6.65. The van der Waals surface area contributed by atoms with Crippen LogP contribution in [0.25, 0.3) is 11.3 Å². The number of amides is 1. The standard InChI is InChI=1S/C20H17ClF3N3O/c1-2-3-16-18(17(27-26-16)12-6-10-15(21)11-7-12)25-19(28)13-4-8-14(9-5-13)20(22,23)24/h4-11H,2-3H2,1H3,(H,25,28)(H,26,27). The van der Waals surface area contributed by atoms with Gasteiger partial charge in [-0.15, -0.1) is 0 Å². The number of carbonyl (C=O) groups is 1. The van der Waals surface area contributed by atoms with Gasteiger partial charge in [-0.25, -0.2) is 0 Å². The Kier molecular flexibility index (Phi) is 5.74. The van der Waals surface area contributed by atoms with Crippen LogP contribution >= 0.6 is 11.6 Å². The maximum absolute atomic E-state index is 12.7. The topological polar surface area (TPSA) is 57.8 Å². The minimum atomic E-state index is -4.45. The molecule has 1 aromatic heterocycles. The lowest BCUT2D eigenvalue weighted by atomic mass is 10.1. The first-order valence-corrected chi connectivity index (χ1v) is 8.99. The molecule has 0 radical (unpaired) electrons. The molecular formula is C20H17ClF3N3O. The maximum atomic E-state index is 12.7. The van der Waals surface area contributed by atoms with E-state index >= 15 is 0 Å². The number of aromatic amines is 1. The summed E-state index contributed by atoms with van der Waals surface area (Å²) in [4.78, 5) is 12.6. The summed E-state index contributed by atoms with van der Waals surface area (Å²) in [7, 11) is 0. The third-order valence-corrected chi connectivity index (χ3v) is 4.42. The first-order valence-electron chi connectivity index (χ1n) is 8.61. The second kappa shape index (κ2) is 8.06. The minimum absolute atomic E-state index is 0.124. The van der Waals surface area contributed by atoms with E-state index in [9.17, 15) is 18.0 Å². The molecule has 0 atom stereocenters. The molecule has 0 saturated carbocycles. The highest BCUT2D eigenvalue weighted by atomic mass is 35.5. The molecule has 146 valence electrons. The molecular weight excluding hydrogens is 391 g/mol. The predicted octanol–water partition coefficient (Wildman–Crippen LogP) is 5.95. The van der Waals surface area contributed by atoms with Gasteiger partial charge >= 0.3 is 6.18 Å². The summed E-state index contributed by atoms with van der Waals surface area (Å²) in [6.45, 7) is 1.99. The number of aryl methyl sites for hydroxylation is 1. The van der Waals surface area contributed by atoms with Crippen molar-refractivity contribution in [2.45, 2.75) is 25.9 Å². The molecule has 2 N–H and O–H groups in total. The highest BCUT2D eigenvalue weighted by molar-refractivity contribution is 6.30. The fourth-order valence-electron chi connectivity index (χ4n) is 2.76. The Morgan fingerprint density at radius 3 is 2.32 bits per heavy atom. The molecule has 0 fully saturated rings. The summed E-state index contributed by atoms with van der Waals surface area (Å²) < 4.78 is 38.1. The molecule has 28 heavy (non-hydrogen) atoms. The summed E-state index contributed by atoms with van der Waals surface area (Å²) in [6.07, 6.45) is -2.97. The number of carbonyl (C=O) groups excluding carboxylic acids is 1. The number of hydrogen-bond acceptors (Lipinski definition) is 2. The molecule has 1 heterocycles. The third kappa shape index (κ3) is 4.36. The van der Waals surface area contributed by atoms with Gasteiger partial charge in [-0.2, -0.15) is 18.3 Å². The van der Waals surface area contributed by atoms with E-state index in [4.69, 9.17) is 11.6 Å². The summed E-state index contributed by atoms with van der Waals surface area (Å²) >= 11 is 5.92. The van der Waals surface area contributed by atoms with Crippen LogP contribution < -0.4 is 5.32 Å². The second-order valence-electron chi connectivity index (χ2n) is 6.21. The Hall–Kier alpha value is -2.80. The van der Waals surface area contributed by atoms with Gasteiger partial charge in [0.2, 0.25) is 0 Å². The van der Waals surface area contributed by atoms with Crippen LogP contribution in [0.2, 0.25) is 5.02 Å². The predicted molar refractivity (Wildman–Crippen MR) is 102 cm³/mol. The van der Waals surface area contributed by atoms with Crippen molar-refractivity contribution < 1.29 is 18.0 Å². The zero-order valence-electron chi connectivity index (χ0n) is 14.9. The molecule has 0 unspecified atom stereocenters. The van der Waals surface area contributed by atoms with Crippen LogP contribution in [0.4, 0.5) is 18.9 Å². The van der Waals surface area contributed by atoms with Gasteiger partial charge in [0.05, 0.1) is 16.9 Å². The molecule has 3 rings (SSSR count). The lowest BCUT2D eigenvalue weighted by Gasteiger charge is -2.10. The van der Waals surface area contributed by atoms with Crippen molar-refractivity contribution in [1.29, 1.82) is 0 Å². The molecule has 0 aliphatic heterocycles. The Balaban J connectivity index is 1.91. The van der Waals surface area contributed by atoms with Gasteiger partial charge in [0.1, 0.15) is 5.69 Å². The van der Waals surface area contributed by atoms with Crippen molar-refractivity contribution in [2.24, 2.45) is 0 Å². The van der Waals surface area contributed by atoms with E-state index in [0.29, 0.717) is 22.8 Å². The Labute approximate surface area is 164 Å². The average molecular weight is 408 g/mol. The van der Waals surface area contributed by atoms with Crippen LogP contribution in [0.1, 0.15) is 35.0 Å². The van der Waals surface area contributed by atoms with Gasteiger partial charge < -0.3 is 5.32 Å². The molecule has 0 saturated heterocycles. The fourth-order valence-corrected chi connectivity index (χ4v) is 2.88. The number of alkyl halides is 3. The normalized spacial score (nSPS) is 11.5. The quantitative estimate of drug-likeness (QED) is 0.548. The van der Waals surface area contributed by atoms with Gasteiger partial charge in [-0.3, -0.25) is 9.89 Å². The molecule has 0 bridgehead atoms. The highest BCUT2D eigenvalue weighted by Gasteiger charge is 2.30. The number of anilines is 1. The Morgan fingerprint density at radius 1 is 1.11 bits per heavy atom. The third-order valence-electron chi connectivity index (χ3n) is 4.17. The molecule has 2 aromatic carbocycles. The fraction of sp³-hybridized carbons (Fsp3) is 0.200. The first kappa shape index (κ1) is 19.9. The Bertz CT molecular complexity index is 964. The molecule has 1 amide bonds. The van der Waals surface area contributed by atoms with Crippen molar-refractivity contribution in [2.75, 3.05) is 5.32 Å². The summed E-state index contributed by atoms with van der Waals surface area (Å²) in [5.41, 5.74) is 1.87. The number of rotatable bonds is 5. The molecule has 0 aliphatic rings. The number of benzene rings is 2. The lowest BCUT2D eigenvalue weighted by Crippen LogP contribution is -2.14. The van der Waals surface area contributed by atoms with E-state index in [1.54, 1.807) is 24.3 Å². The maximum Gasteiger partial charge on any atom is 0.416 e. The zero-order chi connectivity index (χ0) is 20.3. The van der Waals surface area contributed by atoms with Crippen LogP contribution in [-0.4, -0.2) is 16.1 Å². The molecule has 0 aliphatic carbocycles. The van der Waals surface area contributed by atoms with E-state index in [2.05, 4.69) is 15.5 Å². The van der Waals surface area contributed by atoms with E-state index in [0.717, 1.165) is 41.9 Å². The van der Waals surface area contributed by atoms with E-state index in [1.165, 1.54) is 0 Å². The van der Waals surface area contributed by atoms with Gasteiger partial charge in [0.15, 0.2) is 0 Å².